The first kappa shape index (κ1) is 51.4. The van der Waals surface area contributed by atoms with Crippen LogP contribution in [0.2, 0.25) is 0 Å². The number of rotatable bonds is 35. The van der Waals surface area contributed by atoms with Gasteiger partial charge in [-0.3, -0.25) is 13.8 Å². The van der Waals surface area contributed by atoms with Gasteiger partial charge < -0.3 is 19.8 Å². The van der Waals surface area contributed by atoms with Crippen LogP contribution >= 0.6 is 7.82 Å². The van der Waals surface area contributed by atoms with Gasteiger partial charge in [0.05, 0.1) is 39.9 Å². The highest BCUT2D eigenvalue weighted by molar-refractivity contribution is 7.47. The van der Waals surface area contributed by atoms with Crippen molar-refractivity contribution in [2.75, 3.05) is 40.9 Å². The van der Waals surface area contributed by atoms with Crippen LogP contribution in [0, 0.1) is 0 Å². The number of nitrogens with one attached hydrogen (secondary N) is 1. The molecule has 1 amide bonds. The zero-order valence-corrected chi connectivity index (χ0v) is 35.6. The van der Waals surface area contributed by atoms with Crippen LogP contribution in [0.1, 0.15) is 129 Å². The van der Waals surface area contributed by atoms with Crippen LogP contribution < -0.4 is 5.32 Å². The summed E-state index contributed by atoms with van der Waals surface area (Å²) in [6.45, 7) is 4.51. The third-order valence-corrected chi connectivity index (χ3v) is 9.25. The van der Waals surface area contributed by atoms with Crippen molar-refractivity contribution < 1.29 is 32.9 Å². The van der Waals surface area contributed by atoms with Crippen molar-refractivity contribution in [3.63, 3.8) is 0 Å². The molecular formula is C45H78N2O6P+. The third-order valence-electron chi connectivity index (χ3n) is 8.27. The Labute approximate surface area is 330 Å². The SMILES string of the molecule is CC/C=C\C/C=C\C/C=C\C/C=C\C/C=C\C/C=C\CCCCCCCCC(=O)NC(COP(=O)(O)OCC[N+](C)(C)C)C(O)/C=C/CC/C=C/CCC. The van der Waals surface area contributed by atoms with Crippen molar-refractivity contribution in [2.24, 2.45) is 0 Å². The first-order valence-electron chi connectivity index (χ1n) is 20.6. The average molecular weight is 774 g/mol. The molecule has 0 fully saturated rings. The number of amides is 1. The minimum Gasteiger partial charge on any atom is -0.387 e. The normalized spacial score (nSPS) is 15.5. The number of hydrogen-bond donors (Lipinski definition) is 3. The number of aliphatic hydroxyl groups is 1. The number of nitrogens with zero attached hydrogens (tertiary/aromatic N) is 1. The number of allylic oxidation sites excluding steroid dienone is 15. The Morgan fingerprint density at radius 1 is 0.648 bits per heavy atom. The Bertz CT molecular complexity index is 1190. The number of hydrogen-bond acceptors (Lipinski definition) is 5. The Morgan fingerprint density at radius 2 is 1.13 bits per heavy atom. The quantitative estimate of drug-likeness (QED) is 0.0256. The molecule has 3 atom stereocenters. The van der Waals surface area contributed by atoms with Crippen molar-refractivity contribution in [2.45, 2.75) is 142 Å². The molecule has 0 bridgehead atoms. The zero-order chi connectivity index (χ0) is 40.0. The summed E-state index contributed by atoms with van der Waals surface area (Å²) in [4.78, 5) is 22.9. The summed E-state index contributed by atoms with van der Waals surface area (Å²) in [5, 5.41) is 13.6. The van der Waals surface area contributed by atoms with E-state index >= 15 is 0 Å². The molecule has 0 aliphatic carbocycles. The first-order chi connectivity index (χ1) is 26.0. The molecule has 0 rings (SSSR count). The highest BCUT2D eigenvalue weighted by atomic mass is 31.2. The molecule has 0 aliphatic rings. The fraction of sp³-hybridized carbons (Fsp3) is 0.622. The summed E-state index contributed by atoms with van der Waals surface area (Å²) in [7, 11) is 1.52. The smallest absolute Gasteiger partial charge is 0.387 e. The highest BCUT2D eigenvalue weighted by Gasteiger charge is 2.27. The number of aliphatic hydroxyl groups excluding tert-OH is 1. The van der Waals surface area contributed by atoms with E-state index in [1.54, 1.807) is 6.08 Å². The summed E-state index contributed by atoms with van der Waals surface area (Å²) in [6, 6.07) is -0.874. The first-order valence-corrected chi connectivity index (χ1v) is 22.1. The Balaban J connectivity index is 4.29. The molecule has 0 heterocycles. The lowest BCUT2D eigenvalue weighted by atomic mass is 10.1. The fourth-order valence-corrected chi connectivity index (χ4v) is 5.74. The highest BCUT2D eigenvalue weighted by Crippen LogP contribution is 2.43. The lowest BCUT2D eigenvalue weighted by Crippen LogP contribution is -2.45. The molecule has 308 valence electrons. The van der Waals surface area contributed by atoms with Gasteiger partial charge in [0, 0.05) is 6.42 Å². The second-order valence-electron chi connectivity index (χ2n) is 14.6. The summed E-state index contributed by atoms with van der Waals surface area (Å²) in [5.74, 6) is -0.213. The Morgan fingerprint density at radius 3 is 1.69 bits per heavy atom. The molecule has 54 heavy (non-hydrogen) atoms. The van der Waals surface area contributed by atoms with E-state index in [4.69, 9.17) is 9.05 Å². The van der Waals surface area contributed by atoms with Gasteiger partial charge in [0.15, 0.2) is 0 Å². The third kappa shape index (κ3) is 37.7. The van der Waals surface area contributed by atoms with E-state index in [9.17, 15) is 19.4 Å². The Kier molecular flexibility index (Phi) is 34.4. The topological polar surface area (TPSA) is 105 Å². The zero-order valence-electron chi connectivity index (χ0n) is 34.7. The second kappa shape index (κ2) is 36.1. The number of carbonyl (C=O) groups excluding carboxylic acids is 1. The number of quaternary nitrogens is 1. The van der Waals surface area contributed by atoms with E-state index in [0.29, 0.717) is 17.4 Å². The van der Waals surface area contributed by atoms with Gasteiger partial charge in [-0.1, -0.05) is 143 Å². The lowest BCUT2D eigenvalue weighted by Gasteiger charge is -2.25. The van der Waals surface area contributed by atoms with Crippen molar-refractivity contribution in [3.05, 3.63) is 97.2 Å². The van der Waals surface area contributed by atoms with Crippen LogP contribution in [-0.2, 0) is 18.4 Å². The number of phosphoric ester groups is 1. The molecule has 0 saturated heterocycles. The summed E-state index contributed by atoms with van der Waals surface area (Å²) in [5.41, 5.74) is 0. The van der Waals surface area contributed by atoms with E-state index in [1.807, 2.05) is 27.2 Å². The Hall–Kier alpha value is -2.58. The molecule has 0 aromatic heterocycles. The monoisotopic (exact) mass is 774 g/mol. The number of unbranched alkanes of at least 4 members (excludes halogenated alkanes) is 8. The maximum atomic E-state index is 12.8. The molecule has 0 radical (unpaired) electrons. The average Bonchev–Trinajstić information content (AvgIpc) is 3.12. The van der Waals surface area contributed by atoms with Crippen molar-refractivity contribution >= 4 is 13.7 Å². The minimum atomic E-state index is -4.34. The van der Waals surface area contributed by atoms with E-state index in [0.717, 1.165) is 96.3 Å². The van der Waals surface area contributed by atoms with Gasteiger partial charge in [-0.2, -0.15) is 0 Å². The van der Waals surface area contributed by atoms with E-state index in [1.165, 1.54) is 12.8 Å². The molecule has 9 heteroatoms. The molecule has 3 unspecified atom stereocenters. The molecule has 0 spiro atoms. The minimum absolute atomic E-state index is 0.0464. The molecule has 0 saturated carbocycles. The van der Waals surface area contributed by atoms with Crippen LogP contribution in [0.4, 0.5) is 0 Å². The lowest BCUT2D eigenvalue weighted by molar-refractivity contribution is -0.870. The van der Waals surface area contributed by atoms with Gasteiger partial charge in [0.2, 0.25) is 5.91 Å². The van der Waals surface area contributed by atoms with E-state index in [2.05, 4.69) is 104 Å². The van der Waals surface area contributed by atoms with Crippen molar-refractivity contribution in [1.29, 1.82) is 0 Å². The maximum Gasteiger partial charge on any atom is 0.472 e. The molecular weight excluding hydrogens is 695 g/mol. The van der Waals surface area contributed by atoms with Gasteiger partial charge in [-0.25, -0.2) is 4.57 Å². The molecule has 3 N–H and O–H groups in total. The van der Waals surface area contributed by atoms with Crippen molar-refractivity contribution in [1.82, 2.24) is 5.32 Å². The van der Waals surface area contributed by atoms with Crippen LogP contribution in [0.25, 0.3) is 0 Å². The van der Waals surface area contributed by atoms with Gasteiger partial charge >= 0.3 is 7.82 Å². The summed E-state index contributed by atoms with van der Waals surface area (Å²) < 4.78 is 23.4. The number of likely N-dealkylation sites (N-methyl/N-ethyl adjacent to an activating group) is 1. The predicted octanol–water partition coefficient (Wildman–Crippen LogP) is 11.2. The number of phosphoric acid groups is 1. The van der Waals surface area contributed by atoms with Gasteiger partial charge in [0.25, 0.3) is 0 Å². The van der Waals surface area contributed by atoms with Crippen LogP contribution in [0.15, 0.2) is 97.2 Å². The van der Waals surface area contributed by atoms with E-state index < -0.39 is 20.0 Å². The van der Waals surface area contributed by atoms with Crippen LogP contribution in [0.3, 0.4) is 0 Å². The molecule has 8 nitrogen and oxygen atoms in total. The fourth-order valence-electron chi connectivity index (χ4n) is 5.01. The molecule has 0 aromatic rings. The van der Waals surface area contributed by atoms with E-state index in [-0.39, 0.29) is 19.1 Å². The maximum absolute atomic E-state index is 12.8. The standard InChI is InChI=1S/C45H77N2O6P/c1-6-8-10-12-14-15-16-17-18-19-20-21-22-23-24-25-26-27-28-29-30-31-33-35-37-39-45(49)46-43(44(48)38-36-34-32-13-11-9-7-2)42-53-54(50,51)52-41-40-47(3,4)5/h8,10-11,13-15,17-18,20-21,23-24,26-27,36,38,43-44,48H,6-7,9,12,16,19,22,25,28-35,37,39-42H2,1-5H3,(H-,46,49,50,51)/p+1/b10-8-,13-11+,15-14-,18-17-,21-20-,24-23-,27-26-,38-36+. The summed E-state index contributed by atoms with van der Waals surface area (Å²) >= 11 is 0. The van der Waals surface area contributed by atoms with Gasteiger partial charge in [0.1, 0.15) is 13.2 Å². The van der Waals surface area contributed by atoms with Gasteiger partial charge in [-0.05, 0) is 77.0 Å². The molecule has 0 aromatic carbocycles. The number of carbonyl (C=O) groups is 1. The molecule has 0 aliphatic heterocycles. The van der Waals surface area contributed by atoms with Crippen LogP contribution in [-0.4, -0.2) is 73.4 Å². The predicted molar refractivity (Wildman–Crippen MR) is 230 cm³/mol. The van der Waals surface area contributed by atoms with Gasteiger partial charge in [-0.15, -0.1) is 0 Å². The summed E-state index contributed by atoms with van der Waals surface area (Å²) in [6.07, 6.45) is 50.8. The second-order valence-corrected chi connectivity index (χ2v) is 16.1. The largest absolute Gasteiger partial charge is 0.472 e. The van der Waals surface area contributed by atoms with Crippen molar-refractivity contribution in [3.8, 4) is 0 Å². The van der Waals surface area contributed by atoms with Crippen LogP contribution in [0.5, 0.6) is 0 Å².